The minimum absolute atomic E-state index is 0.0623. The smallest absolute Gasteiger partial charge is 0.433 e. The standard InChI is InChI=1S/C24H24F3N3O3/c25-24(26,27)21-16-22(33-17-18-4-2-1-3-5-18)29-23(28-21)19-6-8-20(9-7-19)32-15-12-30-10-13-31-14-11-30/h1-9,16H,10-15,17H2. The van der Waals surface area contributed by atoms with Crippen molar-refractivity contribution in [2.75, 3.05) is 39.5 Å². The molecule has 0 atom stereocenters. The van der Waals surface area contributed by atoms with Crippen LogP contribution in [0.2, 0.25) is 0 Å². The molecule has 0 spiro atoms. The largest absolute Gasteiger partial charge is 0.492 e. The molecule has 1 saturated heterocycles. The Morgan fingerprint density at radius 2 is 1.64 bits per heavy atom. The molecule has 0 saturated carbocycles. The zero-order valence-electron chi connectivity index (χ0n) is 17.9. The van der Waals surface area contributed by atoms with Crippen LogP contribution < -0.4 is 9.47 Å². The molecule has 0 radical (unpaired) electrons. The SMILES string of the molecule is FC(F)(F)c1cc(OCc2ccccc2)nc(-c2ccc(OCCN3CCOCC3)cc2)n1. The fourth-order valence-corrected chi connectivity index (χ4v) is 3.32. The molecule has 2 aromatic carbocycles. The molecule has 0 amide bonds. The van der Waals surface area contributed by atoms with Crippen LogP contribution in [0.25, 0.3) is 11.4 Å². The monoisotopic (exact) mass is 459 g/mol. The molecule has 1 aromatic heterocycles. The molecule has 1 aliphatic heterocycles. The lowest BCUT2D eigenvalue weighted by Gasteiger charge is -2.26. The molecule has 0 N–H and O–H groups in total. The van der Waals surface area contributed by atoms with Crippen molar-refractivity contribution in [2.24, 2.45) is 0 Å². The highest BCUT2D eigenvalue weighted by Crippen LogP contribution is 2.32. The highest BCUT2D eigenvalue weighted by atomic mass is 19.4. The molecular weight excluding hydrogens is 435 g/mol. The summed E-state index contributed by atoms with van der Waals surface area (Å²) in [6.07, 6.45) is -4.62. The van der Waals surface area contributed by atoms with E-state index >= 15 is 0 Å². The van der Waals surface area contributed by atoms with E-state index in [1.807, 2.05) is 30.3 Å². The Morgan fingerprint density at radius 1 is 0.909 bits per heavy atom. The molecule has 0 bridgehead atoms. The van der Waals surface area contributed by atoms with Crippen LogP contribution in [-0.4, -0.2) is 54.3 Å². The highest BCUT2D eigenvalue weighted by molar-refractivity contribution is 5.57. The number of hydrogen-bond donors (Lipinski definition) is 0. The Labute approximate surface area is 189 Å². The van der Waals surface area contributed by atoms with Gasteiger partial charge in [0.05, 0.1) is 13.2 Å². The third kappa shape index (κ3) is 6.66. The number of hydrogen-bond acceptors (Lipinski definition) is 6. The van der Waals surface area contributed by atoms with Crippen LogP contribution in [0.4, 0.5) is 13.2 Å². The summed E-state index contributed by atoms with van der Waals surface area (Å²) in [6, 6.07) is 16.6. The lowest BCUT2D eigenvalue weighted by Crippen LogP contribution is -2.38. The van der Waals surface area contributed by atoms with Gasteiger partial charge in [-0.05, 0) is 29.8 Å². The Morgan fingerprint density at radius 3 is 2.33 bits per heavy atom. The summed E-state index contributed by atoms with van der Waals surface area (Å²) in [5, 5.41) is 0. The van der Waals surface area contributed by atoms with Crippen molar-refractivity contribution >= 4 is 0 Å². The molecule has 1 aliphatic rings. The summed E-state index contributed by atoms with van der Waals surface area (Å²) >= 11 is 0. The maximum Gasteiger partial charge on any atom is 0.433 e. The lowest BCUT2D eigenvalue weighted by atomic mass is 10.2. The first-order valence-electron chi connectivity index (χ1n) is 10.6. The Kier molecular flexibility index (Phi) is 7.41. The molecule has 0 unspecified atom stereocenters. The first kappa shape index (κ1) is 23.0. The van der Waals surface area contributed by atoms with Crippen molar-refractivity contribution in [1.82, 2.24) is 14.9 Å². The topological polar surface area (TPSA) is 56.7 Å². The molecule has 0 aliphatic carbocycles. The fraction of sp³-hybridized carbons (Fsp3) is 0.333. The summed E-state index contributed by atoms with van der Waals surface area (Å²) in [7, 11) is 0. The van der Waals surface area contributed by atoms with Crippen molar-refractivity contribution in [3.05, 3.63) is 71.9 Å². The van der Waals surface area contributed by atoms with Gasteiger partial charge in [0.25, 0.3) is 0 Å². The minimum atomic E-state index is -4.62. The summed E-state index contributed by atoms with van der Waals surface area (Å²) in [6.45, 7) is 4.60. The van der Waals surface area contributed by atoms with Crippen LogP contribution in [0.15, 0.2) is 60.7 Å². The van der Waals surface area contributed by atoms with Crippen LogP contribution in [0.3, 0.4) is 0 Å². The maximum absolute atomic E-state index is 13.4. The van der Waals surface area contributed by atoms with Gasteiger partial charge < -0.3 is 14.2 Å². The average molecular weight is 459 g/mol. The first-order chi connectivity index (χ1) is 16.0. The van der Waals surface area contributed by atoms with Gasteiger partial charge in [-0.2, -0.15) is 18.2 Å². The Balaban J connectivity index is 1.44. The minimum Gasteiger partial charge on any atom is -0.492 e. The number of alkyl halides is 3. The quantitative estimate of drug-likeness (QED) is 0.496. The van der Waals surface area contributed by atoms with Gasteiger partial charge in [-0.3, -0.25) is 4.90 Å². The van der Waals surface area contributed by atoms with Gasteiger partial charge in [-0.15, -0.1) is 0 Å². The Hall–Kier alpha value is -3.17. The van der Waals surface area contributed by atoms with Gasteiger partial charge in [0.15, 0.2) is 11.5 Å². The second-order valence-electron chi connectivity index (χ2n) is 7.51. The van der Waals surface area contributed by atoms with Crippen LogP contribution in [-0.2, 0) is 17.5 Å². The van der Waals surface area contributed by atoms with Crippen molar-refractivity contribution in [3.63, 3.8) is 0 Å². The van der Waals surface area contributed by atoms with Gasteiger partial charge >= 0.3 is 6.18 Å². The molecule has 4 rings (SSSR count). The number of rotatable bonds is 8. The summed E-state index contributed by atoms with van der Waals surface area (Å²) < 4.78 is 56.8. The van der Waals surface area contributed by atoms with E-state index in [-0.39, 0.29) is 18.3 Å². The van der Waals surface area contributed by atoms with E-state index in [1.165, 1.54) is 0 Å². The van der Waals surface area contributed by atoms with E-state index < -0.39 is 11.9 Å². The molecule has 1 fully saturated rings. The van der Waals surface area contributed by atoms with Crippen LogP contribution >= 0.6 is 0 Å². The number of halogens is 3. The zero-order valence-corrected chi connectivity index (χ0v) is 17.9. The molecule has 174 valence electrons. The number of benzene rings is 2. The van der Waals surface area contributed by atoms with E-state index in [0.29, 0.717) is 17.9 Å². The normalized spacial score (nSPS) is 14.8. The van der Waals surface area contributed by atoms with Crippen LogP contribution in [0.5, 0.6) is 11.6 Å². The fourth-order valence-electron chi connectivity index (χ4n) is 3.32. The molecular formula is C24H24F3N3O3. The van der Waals surface area contributed by atoms with Crippen LogP contribution in [0.1, 0.15) is 11.3 Å². The predicted molar refractivity (Wildman–Crippen MR) is 116 cm³/mol. The second kappa shape index (κ2) is 10.6. The van der Waals surface area contributed by atoms with Crippen LogP contribution in [0, 0.1) is 0 Å². The van der Waals surface area contributed by atoms with E-state index in [0.717, 1.165) is 44.5 Å². The number of aromatic nitrogens is 2. The molecule has 3 aromatic rings. The summed E-state index contributed by atoms with van der Waals surface area (Å²) in [4.78, 5) is 10.2. The average Bonchev–Trinajstić information content (AvgIpc) is 2.84. The molecule has 33 heavy (non-hydrogen) atoms. The van der Waals surface area contributed by atoms with E-state index in [2.05, 4.69) is 14.9 Å². The molecule has 9 heteroatoms. The van der Waals surface area contributed by atoms with Gasteiger partial charge in [-0.1, -0.05) is 30.3 Å². The molecule has 2 heterocycles. The van der Waals surface area contributed by atoms with E-state index in [1.54, 1.807) is 24.3 Å². The van der Waals surface area contributed by atoms with Crippen molar-refractivity contribution < 1.29 is 27.4 Å². The summed E-state index contributed by atoms with van der Waals surface area (Å²) in [5.41, 5.74) is 0.206. The van der Waals surface area contributed by atoms with Gasteiger partial charge in [0.1, 0.15) is 19.0 Å². The van der Waals surface area contributed by atoms with E-state index in [9.17, 15) is 13.2 Å². The van der Waals surface area contributed by atoms with Crippen molar-refractivity contribution in [3.8, 4) is 23.0 Å². The Bertz CT molecular complexity index is 1020. The summed E-state index contributed by atoms with van der Waals surface area (Å²) in [5.74, 6) is 0.425. The maximum atomic E-state index is 13.4. The predicted octanol–water partition coefficient (Wildman–Crippen LogP) is 4.45. The third-order valence-corrected chi connectivity index (χ3v) is 5.12. The number of nitrogens with zero attached hydrogens (tertiary/aromatic N) is 3. The zero-order chi connectivity index (χ0) is 23.1. The van der Waals surface area contributed by atoms with Crippen molar-refractivity contribution in [1.29, 1.82) is 0 Å². The molecule has 6 nitrogen and oxygen atoms in total. The number of morpholine rings is 1. The van der Waals surface area contributed by atoms with E-state index in [4.69, 9.17) is 14.2 Å². The highest BCUT2D eigenvalue weighted by Gasteiger charge is 2.34. The second-order valence-corrected chi connectivity index (χ2v) is 7.51. The van der Waals surface area contributed by atoms with Gasteiger partial charge in [-0.25, -0.2) is 4.98 Å². The van der Waals surface area contributed by atoms with Gasteiger partial charge in [0.2, 0.25) is 5.88 Å². The van der Waals surface area contributed by atoms with Gasteiger partial charge in [0, 0.05) is 31.3 Å². The van der Waals surface area contributed by atoms with Crippen molar-refractivity contribution in [2.45, 2.75) is 12.8 Å². The number of ether oxygens (including phenoxy) is 3. The third-order valence-electron chi connectivity index (χ3n) is 5.12. The lowest BCUT2D eigenvalue weighted by molar-refractivity contribution is -0.141. The first-order valence-corrected chi connectivity index (χ1v) is 10.6.